The van der Waals surface area contributed by atoms with Crippen LogP contribution in [0.15, 0.2) is 30.3 Å². The summed E-state index contributed by atoms with van der Waals surface area (Å²) in [6.45, 7) is 1.71. The van der Waals surface area contributed by atoms with Crippen LogP contribution in [0.2, 0.25) is 0 Å². The number of nitrogens with one attached hydrogen (secondary N) is 1. The van der Waals surface area contributed by atoms with Crippen molar-refractivity contribution in [1.82, 2.24) is 5.32 Å². The third-order valence-electron chi connectivity index (χ3n) is 2.76. The second-order valence-corrected chi connectivity index (χ2v) is 5.11. The number of amides is 1. The number of ether oxygens (including phenoxy) is 1. The van der Waals surface area contributed by atoms with Crippen molar-refractivity contribution in [3.05, 3.63) is 30.3 Å². The number of benzene rings is 1. The molecule has 6 nitrogen and oxygen atoms in total. The molecule has 0 aliphatic rings. The van der Waals surface area contributed by atoms with Crippen molar-refractivity contribution >= 4 is 11.9 Å². The van der Waals surface area contributed by atoms with Gasteiger partial charge in [0.2, 0.25) is 5.91 Å². The number of para-hydroxylation sites is 1. The van der Waals surface area contributed by atoms with Crippen LogP contribution in [-0.2, 0) is 9.59 Å². The molecule has 0 saturated carbocycles. The van der Waals surface area contributed by atoms with E-state index in [1.54, 1.807) is 0 Å². The summed E-state index contributed by atoms with van der Waals surface area (Å²) in [7, 11) is 0. The number of aliphatic carboxylic acids is 1. The van der Waals surface area contributed by atoms with Gasteiger partial charge in [0.15, 0.2) is 0 Å². The minimum Gasteiger partial charge on any atom is -0.494 e. The van der Waals surface area contributed by atoms with Crippen LogP contribution in [0.5, 0.6) is 5.75 Å². The number of aliphatic hydroxyl groups is 1. The van der Waals surface area contributed by atoms with Crippen molar-refractivity contribution in [1.29, 1.82) is 0 Å². The molecule has 1 aromatic carbocycles. The molecule has 0 radical (unpaired) electrons. The fourth-order valence-corrected chi connectivity index (χ4v) is 1.71. The zero-order valence-corrected chi connectivity index (χ0v) is 12.0. The molecule has 1 rings (SSSR count). The zero-order valence-electron chi connectivity index (χ0n) is 12.0. The fraction of sp³-hybridized carbons (Fsp3) is 0.467. The summed E-state index contributed by atoms with van der Waals surface area (Å²) in [5.74, 6) is -0.592. The van der Waals surface area contributed by atoms with Gasteiger partial charge in [0.25, 0.3) is 0 Å². The van der Waals surface area contributed by atoms with Gasteiger partial charge < -0.3 is 20.3 Å². The van der Waals surface area contributed by atoms with Crippen molar-refractivity contribution < 1.29 is 24.5 Å². The van der Waals surface area contributed by atoms with Crippen molar-refractivity contribution in [3.8, 4) is 5.75 Å². The minimum absolute atomic E-state index is 0.0856. The Morgan fingerprint density at radius 2 is 1.95 bits per heavy atom. The van der Waals surface area contributed by atoms with E-state index < -0.39 is 18.0 Å². The Morgan fingerprint density at radius 1 is 1.29 bits per heavy atom. The number of carboxylic acids is 1. The largest absolute Gasteiger partial charge is 0.494 e. The Labute approximate surface area is 123 Å². The summed E-state index contributed by atoms with van der Waals surface area (Å²) < 4.78 is 5.45. The molecule has 21 heavy (non-hydrogen) atoms. The Morgan fingerprint density at radius 3 is 2.57 bits per heavy atom. The summed E-state index contributed by atoms with van der Waals surface area (Å²) in [6, 6.07) is 9.30. The molecule has 1 amide bonds. The molecule has 0 spiro atoms. The molecule has 116 valence electrons. The molecule has 1 unspecified atom stereocenters. The molecular weight excluding hydrogens is 274 g/mol. The van der Waals surface area contributed by atoms with E-state index in [0.717, 1.165) is 5.75 Å². The number of rotatable bonds is 9. The second kappa shape index (κ2) is 8.26. The first-order valence-electron chi connectivity index (χ1n) is 6.78. The van der Waals surface area contributed by atoms with Gasteiger partial charge in [-0.1, -0.05) is 18.2 Å². The number of hydrogen-bond donors (Lipinski definition) is 3. The van der Waals surface area contributed by atoms with E-state index in [0.29, 0.717) is 13.0 Å². The predicted molar refractivity (Wildman–Crippen MR) is 77.1 cm³/mol. The molecule has 6 heteroatoms. The molecule has 1 atom stereocenters. The van der Waals surface area contributed by atoms with E-state index in [1.807, 2.05) is 30.3 Å². The highest BCUT2D eigenvalue weighted by Crippen LogP contribution is 2.09. The highest BCUT2D eigenvalue weighted by Gasteiger charge is 2.24. The average Bonchev–Trinajstić information content (AvgIpc) is 2.41. The standard InChI is InChI=1S/C15H21NO5/c1-15(20,10-14(18)19)11-16-13(17)8-5-9-21-12-6-3-2-4-7-12/h2-4,6-7,20H,5,8-11H2,1H3,(H,16,17)(H,18,19). The highest BCUT2D eigenvalue weighted by atomic mass is 16.5. The fourth-order valence-electron chi connectivity index (χ4n) is 1.71. The summed E-state index contributed by atoms with van der Waals surface area (Å²) in [6.07, 6.45) is 0.391. The lowest BCUT2D eigenvalue weighted by Crippen LogP contribution is -2.42. The molecular formula is C15H21NO5. The number of hydrogen-bond acceptors (Lipinski definition) is 4. The molecule has 0 saturated heterocycles. The predicted octanol–water partition coefficient (Wildman–Crippen LogP) is 1.19. The second-order valence-electron chi connectivity index (χ2n) is 5.11. The van der Waals surface area contributed by atoms with Gasteiger partial charge in [-0.2, -0.15) is 0 Å². The van der Waals surface area contributed by atoms with E-state index in [9.17, 15) is 14.7 Å². The van der Waals surface area contributed by atoms with E-state index in [2.05, 4.69) is 5.32 Å². The van der Waals surface area contributed by atoms with Gasteiger partial charge in [-0.05, 0) is 25.5 Å². The van der Waals surface area contributed by atoms with Crippen molar-refractivity contribution in [2.75, 3.05) is 13.2 Å². The molecule has 0 aromatic heterocycles. The maximum atomic E-state index is 11.6. The highest BCUT2D eigenvalue weighted by molar-refractivity contribution is 5.76. The van der Waals surface area contributed by atoms with Gasteiger partial charge in [-0.3, -0.25) is 9.59 Å². The molecule has 0 heterocycles. The number of carbonyl (C=O) groups is 2. The van der Waals surface area contributed by atoms with Crippen LogP contribution >= 0.6 is 0 Å². The molecule has 0 aliphatic heterocycles. The monoisotopic (exact) mass is 295 g/mol. The molecule has 3 N–H and O–H groups in total. The van der Waals surface area contributed by atoms with Crippen LogP contribution in [0.25, 0.3) is 0 Å². The van der Waals surface area contributed by atoms with Crippen molar-refractivity contribution in [2.24, 2.45) is 0 Å². The maximum Gasteiger partial charge on any atom is 0.306 e. The first kappa shape index (κ1) is 17.0. The maximum absolute atomic E-state index is 11.6. The average molecular weight is 295 g/mol. The van der Waals surface area contributed by atoms with Gasteiger partial charge in [0.05, 0.1) is 18.6 Å². The van der Waals surface area contributed by atoms with Crippen LogP contribution < -0.4 is 10.1 Å². The van der Waals surface area contributed by atoms with Gasteiger partial charge >= 0.3 is 5.97 Å². The lowest BCUT2D eigenvalue weighted by molar-refractivity contribution is -0.142. The van der Waals surface area contributed by atoms with E-state index in [4.69, 9.17) is 9.84 Å². The SMILES string of the molecule is CC(O)(CNC(=O)CCCOc1ccccc1)CC(=O)O. The van der Waals surface area contributed by atoms with Crippen molar-refractivity contribution in [2.45, 2.75) is 31.8 Å². The Hall–Kier alpha value is -2.08. The van der Waals surface area contributed by atoms with Crippen LogP contribution in [0, 0.1) is 0 Å². The quantitative estimate of drug-likeness (QED) is 0.595. The first-order valence-corrected chi connectivity index (χ1v) is 6.78. The van der Waals surface area contributed by atoms with Crippen LogP contribution in [0.4, 0.5) is 0 Å². The molecule has 0 bridgehead atoms. The molecule has 0 fully saturated rings. The smallest absolute Gasteiger partial charge is 0.306 e. The van der Waals surface area contributed by atoms with E-state index >= 15 is 0 Å². The van der Waals surface area contributed by atoms with E-state index in [-0.39, 0.29) is 18.9 Å². The first-order chi connectivity index (χ1) is 9.89. The minimum atomic E-state index is -1.44. The Kier molecular flexibility index (Phi) is 6.68. The van der Waals surface area contributed by atoms with Gasteiger partial charge in [0.1, 0.15) is 5.75 Å². The topological polar surface area (TPSA) is 95.9 Å². The summed E-state index contributed by atoms with van der Waals surface area (Å²) >= 11 is 0. The lowest BCUT2D eigenvalue weighted by atomic mass is 10.0. The summed E-state index contributed by atoms with van der Waals surface area (Å²) in [5.41, 5.74) is -1.44. The Bertz CT molecular complexity index is 458. The lowest BCUT2D eigenvalue weighted by Gasteiger charge is -2.21. The third-order valence-corrected chi connectivity index (χ3v) is 2.76. The van der Waals surface area contributed by atoms with Gasteiger partial charge in [0, 0.05) is 13.0 Å². The van der Waals surface area contributed by atoms with Gasteiger partial charge in [-0.25, -0.2) is 0 Å². The third kappa shape index (κ3) is 7.94. The van der Waals surface area contributed by atoms with Crippen molar-refractivity contribution in [3.63, 3.8) is 0 Å². The van der Waals surface area contributed by atoms with Gasteiger partial charge in [-0.15, -0.1) is 0 Å². The Balaban J connectivity index is 2.15. The number of carbonyl (C=O) groups excluding carboxylic acids is 1. The normalized spacial score (nSPS) is 13.2. The molecule has 1 aromatic rings. The summed E-state index contributed by atoms with van der Waals surface area (Å²) in [4.78, 5) is 22.1. The molecule has 0 aliphatic carbocycles. The van der Waals surface area contributed by atoms with Crippen LogP contribution in [-0.4, -0.2) is 40.8 Å². The van der Waals surface area contributed by atoms with E-state index in [1.165, 1.54) is 6.92 Å². The zero-order chi connectivity index (χ0) is 15.7. The summed E-state index contributed by atoms with van der Waals surface area (Å²) in [5, 5.41) is 20.9. The van der Waals surface area contributed by atoms with Crippen LogP contribution in [0.1, 0.15) is 26.2 Å². The number of carboxylic acid groups (broad SMARTS) is 1. The van der Waals surface area contributed by atoms with Crippen LogP contribution in [0.3, 0.4) is 0 Å².